The van der Waals surface area contributed by atoms with Crippen LogP contribution in [0.2, 0.25) is 0 Å². The van der Waals surface area contributed by atoms with E-state index >= 15 is 0 Å². The van der Waals surface area contributed by atoms with Crippen LogP contribution in [0.25, 0.3) is 0 Å². The molecular formula is C17H19FIN. The first-order chi connectivity index (χ1) is 9.54. The Hall–Kier alpha value is -1.10. The quantitative estimate of drug-likeness (QED) is 0.703. The van der Waals surface area contributed by atoms with Gasteiger partial charge in [0.2, 0.25) is 0 Å². The zero-order valence-corrected chi connectivity index (χ0v) is 13.9. The van der Waals surface area contributed by atoms with Gasteiger partial charge in [-0.25, -0.2) is 4.39 Å². The van der Waals surface area contributed by atoms with Crippen molar-refractivity contribution in [2.24, 2.45) is 0 Å². The van der Waals surface area contributed by atoms with Crippen molar-refractivity contribution in [3.05, 3.63) is 63.0 Å². The minimum atomic E-state index is -0.188. The van der Waals surface area contributed by atoms with Gasteiger partial charge in [0.1, 0.15) is 5.82 Å². The summed E-state index contributed by atoms with van der Waals surface area (Å²) >= 11 is 2.16. The van der Waals surface area contributed by atoms with Crippen LogP contribution < -0.4 is 5.32 Å². The number of hydrogen-bond acceptors (Lipinski definition) is 1. The molecule has 2 aromatic rings. The normalized spacial score (nSPS) is 12.2. The number of halogens is 2. The maximum absolute atomic E-state index is 13.1. The van der Waals surface area contributed by atoms with Crippen molar-refractivity contribution in [2.75, 3.05) is 5.32 Å². The Bertz CT molecular complexity index is 583. The molecule has 0 saturated carbocycles. The highest BCUT2D eigenvalue weighted by Crippen LogP contribution is 2.20. The summed E-state index contributed by atoms with van der Waals surface area (Å²) < 4.78 is 14.0. The molecule has 0 radical (unpaired) electrons. The Kier molecular flexibility index (Phi) is 5.40. The molecule has 0 saturated heterocycles. The molecule has 1 nitrogen and oxygen atoms in total. The van der Waals surface area contributed by atoms with E-state index in [1.165, 1.54) is 17.2 Å². The van der Waals surface area contributed by atoms with E-state index in [1.54, 1.807) is 12.1 Å². The van der Waals surface area contributed by atoms with Gasteiger partial charge in [-0.2, -0.15) is 0 Å². The van der Waals surface area contributed by atoms with Crippen LogP contribution >= 0.6 is 22.6 Å². The SMILES string of the molecule is Cc1cccc(CCC(C)Nc2ccc(F)cc2I)c1. The molecule has 0 bridgehead atoms. The summed E-state index contributed by atoms with van der Waals surface area (Å²) in [6.07, 6.45) is 2.10. The number of nitrogens with one attached hydrogen (secondary N) is 1. The van der Waals surface area contributed by atoms with Gasteiger partial charge < -0.3 is 5.32 Å². The van der Waals surface area contributed by atoms with Crippen LogP contribution in [-0.2, 0) is 6.42 Å². The van der Waals surface area contributed by atoms with Gasteiger partial charge in [0.05, 0.1) is 0 Å². The van der Waals surface area contributed by atoms with E-state index in [0.717, 1.165) is 22.1 Å². The highest BCUT2D eigenvalue weighted by Gasteiger charge is 2.06. The lowest BCUT2D eigenvalue weighted by Gasteiger charge is -2.16. The Morgan fingerprint density at radius 1 is 1.20 bits per heavy atom. The average molecular weight is 383 g/mol. The van der Waals surface area contributed by atoms with E-state index in [4.69, 9.17) is 0 Å². The van der Waals surface area contributed by atoms with Crippen LogP contribution in [0.15, 0.2) is 42.5 Å². The second kappa shape index (κ2) is 7.07. The fourth-order valence-electron chi connectivity index (χ4n) is 2.19. The minimum Gasteiger partial charge on any atom is -0.382 e. The fraction of sp³-hybridized carbons (Fsp3) is 0.294. The van der Waals surface area contributed by atoms with Crippen molar-refractivity contribution in [1.82, 2.24) is 0 Å². The van der Waals surface area contributed by atoms with Crippen molar-refractivity contribution in [3.8, 4) is 0 Å². The van der Waals surface area contributed by atoms with Gasteiger partial charge in [-0.15, -0.1) is 0 Å². The van der Waals surface area contributed by atoms with E-state index < -0.39 is 0 Å². The molecule has 3 heteroatoms. The second-order valence-electron chi connectivity index (χ2n) is 5.20. The molecule has 106 valence electrons. The van der Waals surface area contributed by atoms with E-state index in [9.17, 15) is 4.39 Å². The van der Waals surface area contributed by atoms with Gasteiger partial charge >= 0.3 is 0 Å². The molecule has 0 amide bonds. The van der Waals surface area contributed by atoms with E-state index in [2.05, 4.69) is 66.0 Å². The summed E-state index contributed by atoms with van der Waals surface area (Å²) in [7, 11) is 0. The summed E-state index contributed by atoms with van der Waals surface area (Å²) in [6, 6.07) is 13.8. The average Bonchev–Trinajstić information content (AvgIpc) is 2.40. The molecule has 1 unspecified atom stereocenters. The third-order valence-electron chi connectivity index (χ3n) is 3.28. The molecule has 0 spiro atoms. The standard InChI is InChI=1S/C17H19FIN/c1-12-4-3-5-14(10-12)7-6-13(2)20-17-9-8-15(18)11-16(17)19/h3-5,8-11,13,20H,6-7H2,1-2H3. The Morgan fingerprint density at radius 3 is 2.70 bits per heavy atom. The van der Waals surface area contributed by atoms with Gasteiger partial charge in [0.25, 0.3) is 0 Å². The maximum atomic E-state index is 13.1. The zero-order chi connectivity index (χ0) is 14.5. The molecule has 0 aliphatic heterocycles. The first-order valence-corrected chi connectivity index (χ1v) is 7.89. The third-order valence-corrected chi connectivity index (χ3v) is 4.17. The molecule has 1 N–H and O–H groups in total. The molecule has 0 aliphatic rings. The Balaban J connectivity index is 1.90. The van der Waals surface area contributed by atoms with Crippen molar-refractivity contribution >= 4 is 28.3 Å². The molecule has 2 aromatic carbocycles. The summed E-state index contributed by atoms with van der Waals surface area (Å²) in [4.78, 5) is 0. The monoisotopic (exact) mass is 383 g/mol. The molecule has 1 atom stereocenters. The molecule has 0 aliphatic carbocycles. The lowest BCUT2D eigenvalue weighted by Crippen LogP contribution is -2.16. The molecule has 2 rings (SSSR count). The molecule has 0 aromatic heterocycles. The molecule has 0 fully saturated rings. The van der Waals surface area contributed by atoms with E-state index in [0.29, 0.717) is 6.04 Å². The van der Waals surface area contributed by atoms with Crippen molar-refractivity contribution in [3.63, 3.8) is 0 Å². The predicted molar refractivity (Wildman–Crippen MR) is 91.7 cm³/mol. The van der Waals surface area contributed by atoms with E-state index in [1.807, 2.05) is 0 Å². The topological polar surface area (TPSA) is 12.0 Å². The highest BCUT2D eigenvalue weighted by molar-refractivity contribution is 14.1. The largest absolute Gasteiger partial charge is 0.382 e. The maximum Gasteiger partial charge on any atom is 0.124 e. The summed E-state index contributed by atoms with van der Waals surface area (Å²) in [5, 5.41) is 3.45. The van der Waals surface area contributed by atoms with Crippen molar-refractivity contribution in [1.29, 1.82) is 0 Å². The number of anilines is 1. The number of rotatable bonds is 5. The van der Waals surface area contributed by atoms with Crippen LogP contribution in [0.3, 0.4) is 0 Å². The Morgan fingerprint density at radius 2 is 2.00 bits per heavy atom. The van der Waals surface area contributed by atoms with Crippen LogP contribution in [0.4, 0.5) is 10.1 Å². The van der Waals surface area contributed by atoms with Gasteiger partial charge in [-0.05, 0) is 73.0 Å². The fourth-order valence-corrected chi connectivity index (χ4v) is 2.83. The molecule has 20 heavy (non-hydrogen) atoms. The predicted octanol–water partition coefficient (Wildman–Crippen LogP) is 5.17. The van der Waals surface area contributed by atoms with Crippen LogP contribution in [-0.4, -0.2) is 6.04 Å². The Labute approximate surface area is 133 Å². The van der Waals surface area contributed by atoms with Crippen LogP contribution in [0, 0.1) is 16.3 Å². The van der Waals surface area contributed by atoms with Gasteiger partial charge in [-0.1, -0.05) is 29.8 Å². The highest BCUT2D eigenvalue weighted by atomic mass is 127. The number of hydrogen-bond donors (Lipinski definition) is 1. The third kappa shape index (κ3) is 4.47. The van der Waals surface area contributed by atoms with Crippen LogP contribution in [0.5, 0.6) is 0 Å². The number of aryl methyl sites for hydroxylation is 2. The summed E-state index contributed by atoms with van der Waals surface area (Å²) in [6.45, 7) is 4.28. The second-order valence-corrected chi connectivity index (χ2v) is 6.36. The van der Waals surface area contributed by atoms with Gasteiger partial charge in [0, 0.05) is 15.3 Å². The smallest absolute Gasteiger partial charge is 0.124 e. The minimum absolute atomic E-state index is 0.188. The first kappa shape index (κ1) is 15.3. The van der Waals surface area contributed by atoms with E-state index in [-0.39, 0.29) is 5.82 Å². The molecular weight excluding hydrogens is 364 g/mol. The van der Waals surface area contributed by atoms with Gasteiger partial charge in [0.15, 0.2) is 0 Å². The number of benzene rings is 2. The lowest BCUT2D eigenvalue weighted by molar-refractivity contribution is 0.626. The van der Waals surface area contributed by atoms with Crippen molar-refractivity contribution in [2.45, 2.75) is 32.7 Å². The lowest BCUT2D eigenvalue weighted by atomic mass is 10.0. The summed E-state index contributed by atoms with van der Waals surface area (Å²) in [5.41, 5.74) is 3.67. The van der Waals surface area contributed by atoms with Crippen molar-refractivity contribution < 1.29 is 4.39 Å². The summed E-state index contributed by atoms with van der Waals surface area (Å²) in [5.74, 6) is -0.188. The zero-order valence-electron chi connectivity index (χ0n) is 11.8. The first-order valence-electron chi connectivity index (χ1n) is 6.82. The van der Waals surface area contributed by atoms with Crippen LogP contribution in [0.1, 0.15) is 24.5 Å². The van der Waals surface area contributed by atoms with Gasteiger partial charge in [-0.3, -0.25) is 0 Å². The molecule has 0 heterocycles.